The smallest absolute Gasteiger partial charge is 0.263 e. The van der Waals surface area contributed by atoms with Gasteiger partial charge in [0.2, 0.25) is 0 Å². The van der Waals surface area contributed by atoms with Gasteiger partial charge < -0.3 is 0 Å². The van der Waals surface area contributed by atoms with Crippen LogP contribution in [0, 0.1) is 5.82 Å². The molecule has 0 radical (unpaired) electrons. The lowest BCUT2D eigenvalue weighted by atomic mass is 10.3. The fourth-order valence-electron chi connectivity index (χ4n) is 1.32. The van der Waals surface area contributed by atoms with Crippen LogP contribution in [-0.2, 0) is 10.0 Å². The highest BCUT2D eigenvalue weighted by atomic mass is 79.9. The minimum atomic E-state index is -3.92. The average molecular weight is 366 g/mol. The molecule has 0 aliphatic heterocycles. The molecule has 0 unspecified atom stereocenters. The van der Waals surface area contributed by atoms with Crippen LogP contribution in [0.1, 0.15) is 0 Å². The van der Waals surface area contributed by atoms with Crippen LogP contribution in [0.15, 0.2) is 46.0 Å². The lowest BCUT2D eigenvalue weighted by Crippen LogP contribution is -2.13. The van der Waals surface area contributed by atoms with E-state index in [2.05, 4.69) is 25.6 Å². The number of rotatable bonds is 3. The van der Waals surface area contributed by atoms with Crippen molar-refractivity contribution >= 4 is 43.2 Å². The first-order valence-electron chi connectivity index (χ1n) is 4.97. The summed E-state index contributed by atoms with van der Waals surface area (Å²) >= 11 is 8.98. The number of benzene rings is 1. The van der Waals surface area contributed by atoms with E-state index in [4.69, 9.17) is 11.6 Å². The summed E-state index contributed by atoms with van der Waals surface area (Å²) in [4.78, 5) is 3.24. The molecule has 100 valence electrons. The van der Waals surface area contributed by atoms with Gasteiger partial charge in [0.1, 0.15) is 10.7 Å². The van der Waals surface area contributed by atoms with Gasteiger partial charge in [-0.2, -0.15) is 0 Å². The van der Waals surface area contributed by atoms with Gasteiger partial charge in [-0.15, -0.1) is 0 Å². The molecule has 1 aromatic carbocycles. The van der Waals surface area contributed by atoms with Crippen molar-refractivity contribution in [1.82, 2.24) is 4.98 Å². The number of hydrogen-bond donors (Lipinski definition) is 1. The first-order valence-corrected chi connectivity index (χ1v) is 7.62. The Balaban J connectivity index is 2.39. The average Bonchev–Trinajstić information content (AvgIpc) is 2.33. The summed E-state index contributed by atoms with van der Waals surface area (Å²) in [5, 5.41) is 0.373. The second-order valence-electron chi connectivity index (χ2n) is 3.57. The lowest BCUT2D eigenvalue weighted by Gasteiger charge is -2.09. The second-order valence-corrected chi connectivity index (χ2v) is 6.54. The van der Waals surface area contributed by atoms with Gasteiger partial charge in [0, 0.05) is 15.7 Å². The van der Waals surface area contributed by atoms with E-state index in [9.17, 15) is 12.8 Å². The van der Waals surface area contributed by atoms with Crippen LogP contribution in [0.3, 0.4) is 0 Å². The zero-order valence-corrected chi connectivity index (χ0v) is 12.4. The van der Waals surface area contributed by atoms with Crippen molar-refractivity contribution in [2.75, 3.05) is 4.72 Å². The number of aromatic nitrogens is 1. The van der Waals surface area contributed by atoms with Gasteiger partial charge in [-0.3, -0.25) is 9.71 Å². The number of halogens is 3. The monoisotopic (exact) mass is 364 g/mol. The van der Waals surface area contributed by atoms with Gasteiger partial charge in [0.25, 0.3) is 10.0 Å². The van der Waals surface area contributed by atoms with E-state index < -0.39 is 15.8 Å². The van der Waals surface area contributed by atoms with Gasteiger partial charge in [-0.25, -0.2) is 12.8 Å². The predicted molar refractivity (Wildman–Crippen MR) is 74.2 cm³/mol. The SMILES string of the molecule is O=S(=O)(Nc1cc(Cl)ccc1Br)c1cncc(F)c1. The van der Waals surface area contributed by atoms with Crippen LogP contribution in [0.25, 0.3) is 0 Å². The fourth-order valence-corrected chi connectivity index (χ4v) is 3.01. The van der Waals surface area contributed by atoms with Crippen LogP contribution >= 0.6 is 27.5 Å². The van der Waals surface area contributed by atoms with Crippen molar-refractivity contribution in [3.8, 4) is 0 Å². The molecule has 1 aromatic heterocycles. The van der Waals surface area contributed by atoms with Gasteiger partial charge in [0.15, 0.2) is 0 Å². The maximum absolute atomic E-state index is 13.0. The molecule has 0 fully saturated rings. The molecule has 0 saturated heterocycles. The molecule has 0 saturated carbocycles. The van der Waals surface area contributed by atoms with Crippen molar-refractivity contribution in [3.05, 3.63) is 52.0 Å². The zero-order chi connectivity index (χ0) is 14.0. The Morgan fingerprint density at radius 3 is 2.68 bits per heavy atom. The Labute approximate surface area is 122 Å². The standard InChI is InChI=1S/C11H7BrClFN2O2S/c12-10-2-1-7(13)3-11(10)16-19(17,18)9-4-8(14)5-15-6-9/h1-6,16H. The van der Waals surface area contributed by atoms with Gasteiger partial charge >= 0.3 is 0 Å². The van der Waals surface area contributed by atoms with Gasteiger partial charge in [0.05, 0.1) is 11.9 Å². The summed E-state index contributed by atoms with van der Waals surface area (Å²) in [6.07, 6.45) is 1.98. The molecule has 4 nitrogen and oxygen atoms in total. The molecule has 2 aromatic rings. The summed E-state index contributed by atoms with van der Waals surface area (Å²) in [5.41, 5.74) is 0.261. The molecule has 19 heavy (non-hydrogen) atoms. The van der Waals surface area contributed by atoms with E-state index in [1.807, 2.05) is 0 Å². The predicted octanol–water partition coefficient (Wildman–Crippen LogP) is 3.44. The molecule has 1 heterocycles. The highest BCUT2D eigenvalue weighted by molar-refractivity contribution is 9.10. The van der Waals surface area contributed by atoms with Crippen molar-refractivity contribution < 1.29 is 12.8 Å². The Morgan fingerprint density at radius 1 is 1.26 bits per heavy atom. The minimum absolute atomic E-state index is 0.261. The largest absolute Gasteiger partial charge is 0.278 e. The van der Waals surface area contributed by atoms with Crippen LogP contribution in [0.2, 0.25) is 5.02 Å². The van der Waals surface area contributed by atoms with Gasteiger partial charge in [-0.1, -0.05) is 11.6 Å². The van der Waals surface area contributed by atoms with Crippen molar-refractivity contribution in [3.63, 3.8) is 0 Å². The van der Waals surface area contributed by atoms with Crippen LogP contribution in [-0.4, -0.2) is 13.4 Å². The summed E-state index contributed by atoms with van der Waals surface area (Å²) in [6, 6.07) is 5.53. The molecule has 0 spiro atoms. The summed E-state index contributed by atoms with van der Waals surface area (Å²) in [6.45, 7) is 0. The molecular formula is C11H7BrClFN2O2S. The first kappa shape index (κ1) is 14.2. The zero-order valence-electron chi connectivity index (χ0n) is 9.27. The van der Waals surface area contributed by atoms with E-state index >= 15 is 0 Å². The molecule has 0 bridgehead atoms. The molecule has 2 rings (SSSR count). The number of anilines is 1. The first-order chi connectivity index (χ1) is 8.88. The lowest BCUT2D eigenvalue weighted by molar-refractivity contribution is 0.592. The fraction of sp³-hybridized carbons (Fsp3) is 0. The van der Waals surface area contributed by atoms with E-state index in [0.29, 0.717) is 9.50 Å². The maximum Gasteiger partial charge on any atom is 0.263 e. The minimum Gasteiger partial charge on any atom is -0.278 e. The molecule has 1 N–H and O–H groups in total. The molecule has 0 aliphatic carbocycles. The third kappa shape index (κ3) is 3.43. The Bertz CT molecular complexity index is 724. The Morgan fingerprint density at radius 2 is 2.00 bits per heavy atom. The molecule has 0 atom stereocenters. The summed E-state index contributed by atoms with van der Waals surface area (Å²) < 4.78 is 39.9. The topological polar surface area (TPSA) is 59.1 Å². The number of pyridine rings is 1. The van der Waals surface area contributed by atoms with E-state index in [-0.39, 0.29) is 10.6 Å². The van der Waals surface area contributed by atoms with E-state index in [1.54, 1.807) is 12.1 Å². The van der Waals surface area contributed by atoms with Crippen molar-refractivity contribution in [2.24, 2.45) is 0 Å². The van der Waals surface area contributed by atoms with E-state index in [0.717, 1.165) is 18.5 Å². The molecule has 0 amide bonds. The highest BCUT2D eigenvalue weighted by Crippen LogP contribution is 2.28. The number of nitrogens with one attached hydrogen (secondary N) is 1. The maximum atomic E-state index is 13.0. The third-order valence-corrected chi connectivity index (χ3v) is 4.42. The van der Waals surface area contributed by atoms with Crippen LogP contribution in [0.4, 0.5) is 10.1 Å². The Kier molecular flexibility index (Phi) is 4.07. The number of nitrogens with zero attached hydrogens (tertiary/aromatic N) is 1. The van der Waals surface area contributed by atoms with E-state index in [1.165, 1.54) is 6.07 Å². The number of hydrogen-bond acceptors (Lipinski definition) is 3. The van der Waals surface area contributed by atoms with Crippen molar-refractivity contribution in [2.45, 2.75) is 4.90 Å². The van der Waals surface area contributed by atoms with Crippen LogP contribution < -0.4 is 4.72 Å². The number of sulfonamides is 1. The molecular weight excluding hydrogens is 359 g/mol. The second kappa shape index (κ2) is 5.44. The highest BCUT2D eigenvalue weighted by Gasteiger charge is 2.17. The third-order valence-electron chi connectivity index (χ3n) is 2.16. The normalized spacial score (nSPS) is 11.3. The summed E-state index contributed by atoms with van der Waals surface area (Å²) in [7, 11) is -3.92. The van der Waals surface area contributed by atoms with Crippen LogP contribution in [0.5, 0.6) is 0 Å². The molecule has 8 heteroatoms. The van der Waals surface area contributed by atoms with Crippen molar-refractivity contribution in [1.29, 1.82) is 0 Å². The summed E-state index contributed by atoms with van der Waals surface area (Å²) in [5.74, 6) is -0.729. The molecule has 0 aliphatic rings. The Hall–Kier alpha value is -1.18. The van der Waals surface area contributed by atoms with Gasteiger partial charge in [-0.05, 0) is 40.2 Å². The quantitative estimate of drug-likeness (QED) is 0.906.